The molecule has 1 fully saturated rings. The third-order valence-electron chi connectivity index (χ3n) is 5.86. The number of aromatic nitrogens is 5. The minimum absolute atomic E-state index is 0.276. The summed E-state index contributed by atoms with van der Waals surface area (Å²) in [4.78, 5) is 33.0. The van der Waals surface area contributed by atoms with Gasteiger partial charge in [0.1, 0.15) is 5.82 Å². The Morgan fingerprint density at radius 3 is 2.61 bits per heavy atom. The Bertz CT molecular complexity index is 1410. The van der Waals surface area contributed by atoms with Gasteiger partial charge in [-0.05, 0) is 19.1 Å². The van der Waals surface area contributed by atoms with Crippen molar-refractivity contribution in [3.8, 4) is 5.69 Å². The number of morpholine rings is 1. The predicted octanol–water partition coefficient (Wildman–Crippen LogP) is 0.918. The van der Waals surface area contributed by atoms with E-state index in [1.54, 1.807) is 40.4 Å². The molecule has 10 heteroatoms. The fourth-order valence-corrected chi connectivity index (χ4v) is 4.20. The summed E-state index contributed by atoms with van der Waals surface area (Å²) in [6, 6.07) is 6.39. The van der Waals surface area contributed by atoms with Crippen LogP contribution < -0.4 is 11.2 Å². The number of nitrogens with zero attached hydrogens (tertiary/aromatic N) is 6. The highest BCUT2D eigenvalue weighted by Crippen LogP contribution is 2.22. The summed E-state index contributed by atoms with van der Waals surface area (Å²) in [5.41, 5.74) is 0.825. The van der Waals surface area contributed by atoms with Crippen LogP contribution in [0.5, 0.6) is 0 Å². The third kappa shape index (κ3) is 3.10. The molecule has 0 radical (unpaired) electrons. The molecule has 9 nitrogen and oxygen atoms in total. The largest absolute Gasteiger partial charge is 0.379 e. The second kappa shape index (κ2) is 7.47. The maximum atomic E-state index is 14.5. The van der Waals surface area contributed by atoms with E-state index < -0.39 is 17.1 Å². The molecule has 1 saturated heterocycles. The maximum Gasteiger partial charge on any atom is 0.332 e. The standard InChI is InChI=1S/C21H23FN6O3/c1-14-13-27-17-18(23-20(27)28(14)16-6-4-3-5-15(16)22)24(2)21(30)26(19(17)29)8-7-25-9-11-31-12-10-25/h3-6,13H,7-12H2,1-2H3. The first-order valence-electron chi connectivity index (χ1n) is 10.2. The number of hydrogen-bond donors (Lipinski definition) is 0. The van der Waals surface area contributed by atoms with Gasteiger partial charge in [0.15, 0.2) is 11.2 Å². The van der Waals surface area contributed by atoms with E-state index in [0.717, 1.165) is 18.8 Å². The Morgan fingerprint density at radius 1 is 1.13 bits per heavy atom. The van der Waals surface area contributed by atoms with Crippen LogP contribution in [-0.4, -0.2) is 60.8 Å². The van der Waals surface area contributed by atoms with Crippen LogP contribution in [0, 0.1) is 12.7 Å². The van der Waals surface area contributed by atoms with Crippen molar-refractivity contribution in [1.82, 2.24) is 28.0 Å². The molecule has 0 saturated carbocycles. The summed E-state index contributed by atoms with van der Waals surface area (Å²) in [7, 11) is 1.60. The summed E-state index contributed by atoms with van der Waals surface area (Å²) < 4.78 is 25.8. The van der Waals surface area contributed by atoms with Crippen LogP contribution in [0.15, 0.2) is 40.1 Å². The van der Waals surface area contributed by atoms with E-state index in [2.05, 4.69) is 9.88 Å². The van der Waals surface area contributed by atoms with E-state index in [4.69, 9.17) is 4.74 Å². The lowest BCUT2D eigenvalue weighted by Crippen LogP contribution is -2.44. The first kappa shape index (κ1) is 19.7. The quantitative estimate of drug-likeness (QED) is 0.485. The number of para-hydroxylation sites is 1. The maximum absolute atomic E-state index is 14.5. The van der Waals surface area contributed by atoms with Crippen molar-refractivity contribution in [1.29, 1.82) is 0 Å². The normalized spacial score (nSPS) is 15.3. The van der Waals surface area contributed by atoms with Gasteiger partial charge in [-0.1, -0.05) is 12.1 Å². The number of hydrogen-bond acceptors (Lipinski definition) is 5. The minimum atomic E-state index is -0.416. The Morgan fingerprint density at radius 2 is 1.87 bits per heavy atom. The molecule has 0 unspecified atom stereocenters. The van der Waals surface area contributed by atoms with Gasteiger partial charge in [0, 0.05) is 45.1 Å². The molecule has 0 spiro atoms. The van der Waals surface area contributed by atoms with Gasteiger partial charge in [0.2, 0.25) is 5.78 Å². The smallest absolute Gasteiger partial charge is 0.332 e. The molecule has 1 aliphatic heterocycles. The van der Waals surface area contributed by atoms with Crippen molar-refractivity contribution < 1.29 is 9.13 Å². The summed E-state index contributed by atoms with van der Waals surface area (Å²) in [5, 5.41) is 0. The lowest BCUT2D eigenvalue weighted by molar-refractivity contribution is 0.0361. The number of aryl methyl sites for hydroxylation is 2. The van der Waals surface area contributed by atoms with Crippen molar-refractivity contribution >= 4 is 16.9 Å². The molecule has 1 aliphatic rings. The lowest BCUT2D eigenvalue weighted by Gasteiger charge is -2.26. The molecule has 31 heavy (non-hydrogen) atoms. The predicted molar refractivity (Wildman–Crippen MR) is 113 cm³/mol. The van der Waals surface area contributed by atoms with Gasteiger partial charge in [0.05, 0.1) is 18.9 Å². The van der Waals surface area contributed by atoms with Crippen LogP contribution in [0.2, 0.25) is 0 Å². The second-order valence-corrected chi connectivity index (χ2v) is 7.76. The molecular weight excluding hydrogens is 403 g/mol. The highest BCUT2D eigenvalue weighted by Gasteiger charge is 2.22. The highest BCUT2D eigenvalue weighted by atomic mass is 19.1. The molecule has 4 aromatic rings. The van der Waals surface area contributed by atoms with Gasteiger partial charge in [-0.25, -0.2) is 9.18 Å². The average Bonchev–Trinajstić information content (AvgIpc) is 3.28. The summed E-state index contributed by atoms with van der Waals surface area (Å²) in [5.74, 6) is -0.0109. The number of benzene rings is 1. The highest BCUT2D eigenvalue weighted by molar-refractivity contribution is 5.76. The topological polar surface area (TPSA) is 78.7 Å². The Kier molecular flexibility index (Phi) is 4.75. The Balaban J connectivity index is 1.68. The fraction of sp³-hybridized carbons (Fsp3) is 0.381. The lowest BCUT2D eigenvalue weighted by atomic mass is 10.3. The van der Waals surface area contributed by atoms with Gasteiger partial charge in [0.25, 0.3) is 5.56 Å². The number of halogens is 1. The van der Waals surface area contributed by atoms with Crippen LogP contribution in [0.1, 0.15) is 5.69 Å². The Hall–Kier alpha value is -3.24. The summed E-state index contributed by atoms with van der Waals surface area (Å²) in [6.07, 6.45) is 1.75. The summed E-state index contributed by atoms with van der Waals surface area (Å²) in [6.45, 7) is 5.54. The van der Waals surface area contributed by atoms with E-state index in [0.29, 0.717) is 36.7 Å². The van der Waals surface area contributed by atoms with Gasteiger partial charge in [-0.3, -0.25) is 27.8 Å². The molecule has 0 bridgehead atoms. The monoisotopic (exact) mass is 426 g/mol. The SMILES string of the molecule is Cc1cn2c3c(=O)n(CCN4CCOCC4)c(=O)n(C)c3nc2n1-c1ccccc1F. The van der Waals surface area contributed by atoms with Gasteiger partial charge in [-0.15, -0.1) is 0 Å². The Labute approximate surface area is 176 Å². The van der Waals surface area contributed by atoms with Gasteiger partial charge >= 0.3 is 5.69 Å². The number of imidazole rings is 2. The molecule has 4 heterocycles. The van der Waals surface area contributed by atoms with Gasteiger partial charge < -0.3 is 4.74 Å². The zero-order valence-corrected chi connectivity index (χ0v) is 17.4. The summed E-state index contributed by atoms with van der Waals surface area (Å²) >= 11 is 0. The van der Waals surface area contributed by atoms with Crippen LogP contribution in [-0.2, 0) is 18.3 Å². The zero-order valence-electron chi connectivity index (χ0n) is 17.4. The van der Waals surface area contributed by atoms with Crippen molar-refractivity contribution in [3.63, 3.8) is 0 Å². The van der Waals surface area contributed by atoms with E-state index in [9.17, 15) is 14.0 Å². The average molecular weight is 426 g/mol. The zero-order chi connectivity index (χ0) is 21.7. The van der Waals surface area contributed by atoms with Crippen molar-refractivity contribution in [2.24, 2.45) is 7.05 Å². The van der Waals surface area contributed by atoms with Gasteiger partial charge in [-0.2, -0.15) is 4.98 Å². The molecule has 3 aromatic heterocycles. The first-order chi connectivity index (χ1) is 15.0. The van der Waals surface area contributed by atoms with Crippen LogP contribution in [0.25, 0.3) is 22.6 Å². The van der Waals surface area contributed by atoms with E-state index in [-0.39, 0.29) is 12.2 Å². The second-order valence-electron chi connectivity index (χ2n) is 7.76. The minimum Gasteiger partial charge on any atom is -0.379 e. The third-order valence-corrected chi connectivity index (χ3v) is 5.86. The fourth-order valence-electron chi connectivity index (χ4n) is 4.20. The molecule has 0 atom stereocenters. The van der Waals surface area contributed by atoms with Crippen molar-refractivity contribution in [2.45, 2.75) is 13.5 Å². The molecule has 5 rings (SSSR count). The van der Waals surface area contributed by atoms with Crippen LogP contribution in [0.3, 0.4) is 0 Å². The van der Waals surface area contributed by atoms with Crippen molar-refractivity contribution in [3.05, 3.63) is 62.8 Å². The van der Waals surface area contributed by atoms with E-state index >= 15 is 0 Å². The molecular formula is C21H23FN6O3. The molecule has 0 amide bonds. The van der Waals surface area contributed by atoms with E-state index in [1.807, 2.05) is 6.92 Å². The van der Waals surface area contributed by atoms with Crippen LogP contribution in [0.4, 0.5) is 4.39 Å². The van der Waals surface area contributed by atoms with E-state index in [1.165, 1.54) is 15.2 Å². The molecule has 162 valence electrons. The molecule has 0 N–H and O–H groups in total. The molecule has 1 aromatic carbocycles. The number of ether oxygens (including phenoxy) is 1. The molecule has 0 aliphatic carbocycles. The first-order valence-corrected chi connectivity index (χ1v) is 10.2. The van der Waals surface area contributed by atoms with Crippen molar-refractivity contribution in [2.75, 3.05) is 32.8 Å². The van der Waals surface area contributed by atoms with Crippen LogP contribution >= 0.6 is 0 Å². The number of rotatable bonds is 4. The number of fused-ring (bicyclic) bond motifs is 3.